The maximum Gasteiger partial charge on any atom is 0.118 e. The van der Waals surface area contributed by atoms with Gasteiger partial charge in [0.25, 0.3) is 0 Å². The van der Waals surface area contributed by atoms with Crippen LogP contribution in [0.15, 0.2) is 0 Å². The average molecular weight is 185 g/mol. The third-order valence-corrected chi connectivity index (χ3v) is 2.46. The Bertz CT molecular complexity index is 232. The van der Waals surface area contributed by atoms with Gasteiger partial charge in [0, 0.05) is 12.8 Å². The molecule has 0 saturated heterocycles. The predicted octanol–water partition coefficient (Wildman–Crippen LogP) is 1.24. The summed E-state index contributed by atoms with van der Waals surface area (Å²) in [6.45, 7) is 5.03. The maximum absolute atomic E-state index is 5.41. The molecular weight excluding hydrogens is 170 g/mol. The topological polar surface area (TPSA) is 51.8 Å². The number of nitrogens with zero attached hydrogens (tertiary/aromatic N) is 2. The van der Waals surface area contributed by atoms with Crippen LogP contribution in [0.3, 0.4) is 0 Å². The lowest BCUT2D eigenvalue weighted by Crippen LogP contribution is -2.01. The molecule has 3 nitrogen and oxygen atoms in total. The number of hydrogen-bond acceptors (Lipinski definition) is 4. The second kappa shape index (κ2) is 4.52. The average Bonchev–Trinajstić information content (AvgIpc) is 2.36. The van der Waals surface area contributed by atoms with E-state index in [0.29, 0.717) is 12.5 Å². The molecule has 1 aromatic rings. The van der Waals surface area contributed by atoms with Gasteiger partial charge in [-0.1, -0.05) is 13.8 Å². The summed E-state index contributed by atoms with van der Waals surface area (Å²) in [5.41, 5.74) is 5.41. The first-order chi connectivity index (χ1) is 5.72. The van der Waals surface area contributed by atoms with Crippen molar-refractivity contribution in [3.05, 3.63) is 10.0 Å². The van der Waals surface area contributed by atoms with Crippen molar-refractivity contribution in [1.82, 2.24) is 10.2 Å². The van der Waals surface area contributed by atoms with Crippen LogP contribution in [0, 0.1) is 5.92 Å². The van der Waals surface area contributed by atoms with Crippen LogP contribution in [0.1, 0.15) is 23.9 Å². The molecule has 0 saturated carbocycles. The van der Waals surface area contributed by atoms with Crippen molar-refractivity contribution in [2.24, 2.45) is 11.7 Å². The number of aromatic nitrogens is 2. The van der Waals surface area contributed by atoms with Crippen LogP contribution in [0.5, 0.6) is 0 Å². The van der Waals surface area contributed by atoms with Gasteiger partial charge in [-0.15, -0.1) is 21.5 Å². The van der Waals surface area contributed by atoms with Crippen LogP contribution in [-0.2, 0) is 12.8 Å². The van der Waals surface area contributed by atoms with Gasteiger partial charge in [-0.2, -0.15) is 0 Å². The molecule has 0 aromatic carbocycles. The summed E-state index contributed by atoms with van der Waals surface area (Å²) in [7, 11) is 0. The molecule has 12 heavy (non-hydrogen) atoms. The minimum absolute atomic E-state index is 0.656. The van der Waals surface area contributed by atoms with Crippen molar-refractivity contribution in [2.45, 2.75) is 26.7 Å². The Morgan fingerprint density at radius 1 is 1.33 bits per heavy atom. The van der Waals surface area contributed by atoms with Crippen LogP contribution in [0.2, 0.25) is 0 Å². The lowest BCUT2D eigenvalue weighted by molar-refractivity contribution is 0.639. The minimum Gasteiger partial charge on any atom is -0.330 e. The van der Waals surface area contributed by atoms with E-state index in [4.69, 9.17) is 5.73 Å². The zero-order valence-corrected chi connectivity index (χ0v) is 8.40. The highest BCUT2D eigenvalue weighted by Gasteiger charge is 2.04. The first-order valence-electron chi connectivity index (χ1n) is 4.23. The second-order valence-electron chi connectivity index (χ2n) is 3.23. The fourth-order valence-electron chi connectivity index (χ4n) is 0.945. The lowest BCUT2D eigenvalue weighted by atomic mass is 10.1. The quantitative estimate of drug-likeness (QED) is 0.767. The first kappa shape index (κ1) is 9.61. The summed E-state index contributed by atoms with van der Waals surface area (Å²) in [4.78, 5) is 0. The van der Waals surface area contributed by atoms with Gasteiger partial charge < -0.3 is 5.73 Å². The van der Waals surface area contributed by atoms with E-state index in [0.717, 1.165) is 22.9 Å². The monoisotopic (exact) mass is 185 g/mol. The van der Waals surface area contributed by atoms with E-state index in [1.54, 1.807) is 11.3 Å². The van der Waals surface area contributed by atoms with Gasteiger partial charge in [-0.25, -0.2) is 0 Å². The Hall–Kier alpha value is -0.480. The highest BCUT2D eigenvalue weighted by Crippen LogP contribution is 2.13. The SMILES string of the molecule is CC(C)Cc1nnc(CCN)s1. The molecule has 0 aliphatic heterocycles. The van der Waals surface area contributed by atoms with Crippen LogP contribution in [0.4, 0.5) is 0 Å². The molecule has 0 fully saturated rings. The van der Waals surface area contributed by atoms with Crippen molar-refractivity contribution in [3.63, 3.8) is 0 Å². The fourth-order valence-corrected chi connectivity index (χ4v) is 2.02. The van der Waals surface area contributed by atoms with E-state index in [-0.39, 0.29) is 0 Å². The van der Waals surface area contributed by atoms with Crippen molar-refractivity contribution in [3.8, 4) is 0 Å². The molecular formula is C8H15N3S. The Morgan fingerprint density at radius 2 is 2.00 bits per heavy atom. The van der Waals surface area contributed by atoms with Gasteiger partial charge >= 0.3 is 0 Å². The molecule has 0 amide bonds. The van der Waals surface area contributed by atoms with Crippen LogP contribution >= 0.6 is 11.3 Å². The molecule has 0 bridgehead atoms. The van der Waals surface area contributed by atoms with E-state index >= 15 is 0 Å². The minimum atomic E-state index is 0.656. The molecule has 68 valence electrons. The van der Waals surface area contributed by atoms with Crippen LogP contribution in [-0.4, -0.2) is 16.7 Å². The molecule has 0 atom stereocenters. The first-order valence-corrected chi connectivity index (χ1v) is 5.05. The highest BCUT2D eigenvalue weighted by molar-refractivity contribution is 7.11. The number of hydrogen-bond donors (Lipinski definition) is 1. The number of rotatable bonds is 4. The third kappa shape index (κ3) is 2.87. The Labute approximate surface area is 77.0 Å². The predicted molar refractivity (Wildman–Crippen MR) is 51.2 cm³/mol. The van der Waals surface area contributed by atoms with Gasteiger partial charge in [-0.05, 0) is 12.5 Å². The normalized spacial score (nSPS) is 11.0. The lowest BCUT2D eigenvalue weighted by Gasteiger charge is -1.96. The molecule has 0 aliphatic carbocycles. The summed E-state index contributed by atoms with van der Waals surface area (Å²) >= 11 is 1.68. The standard InChI is InChI=1S/C8H15N3S/c1-6(2)5-8-11-10-7(12-8)3-4-9/h6H,3-5,9H2,1-2H3. The summed E-state index contributed by atoms with van der Waals surface area (Å²) in [5, 5.41) is 10.3. The fraction of sp³-hybridized carbons (Fsp3) is 0.750. The molecule has 4 heteroatoms. The maximum atomic E-state index is 5.41. The molecule has 0 radical (unpaired) electrons. The van der Waals surface area contributed by atoms with Gasteiger partial charge in [0.05, 0.1) is 0 Å². The molecule has 0 spiro atoms. The summed E-state index contributed by atoms with van der Waals surface area (Å²) in [5.74, 6) is 0.656. The van der Waals surface area contributed by atoms with E-state index in [1.807, 2.05) is 0 Å². The van der Waals surface area contributed by atoms with E-state index in [2.05, 4.69) is 24.0 Å². The molecule has 0 aliphatic rings. The van der Waals surface area contributed by atoms with E-state index in [9.17, 15) is 0 Å². The zero-order chi connectivity index (χ0) is 8.97. The number of nitrogens with two attached hydrogens (primary N) is 1. The van der Waals surface area contributed by atoms with Crippen molar-refractivity contribution >= 4 is 11.3 Å². The zero-order valence-electron chi connectivity index (χ0n) is 7.58. The van der Waals surface area contributed by atoms with E-state index < -0.39 is 0 Å². The largest absolute Gasteiger partial charge is 0.330 e. The Kier molecular flexibility index (Phi) is 3.62. The van der Waals surface area contributed by atoms with Crippen molar-refractivity contribution < 1.29 is 0 Å². The van der Waals surface area contributed by atoms with E-state index in [1.165, 1.54) is 0 Å². The third-order valence-electron chi connectivity index (χ3n) is 1.45. The molecule has 1 aromatic heterocycles. The Morgan fingerprint density at radius 3 is 2.58 bits per heavy atom. The van der Waals surface area contributed by atoms with Gasteiger partial charge in [0.15, 0.2) is 0 Å². The molecule has 0 unspecified atom stereocenters. The second-order valence-corrected chi connectivity index (χ2v) is 4.37. The van der Waals surface area contributed by atoms with Crippen LogP contribution in [0.25, 0.3) is 0 Å². The smallest absolute Gasteiger partial charge is 0.118 e. The Balaban J connectivity index is 2.52. The summed E-state index contributed by atoms with van der Waals surface area (Å²) in [6, 6.07) is 0. The van der Waals surface area contributed by atoms with Gasteiger partial charge in [0.2, 0.25) is 0 Å². The molecule has 2 N–H and O–H groups in total. The summed E-state index contributed by atoms with van der Waals surface area (Å²) < 4.78 is 0. The van der Waals surface area contributed by atoms with Crippen molar-refractivity contribution in [2.75, 3.05) is 6.54 Å². The summed E-state index contributed by atoms with van der Waals surface area (Å²) in [6.07, 6.45) is 1.89. The molecule has 1 heterocycles. The van der Waals surface area contributed by atoms with Gasteiger partial charge in [0.1, 0.15) is 10.0 Å². The molecule has 1 rings (SSSR count). The van der Waals surface area contributed by atoms with Crippen LogP contribution < -0.4 is 5.73 Å². The highest BCUT2D eigenvalue weighted by atomic mass is 32.1. The van der Waals surface area contributed by atoms with Gasteiger partial charge in [-0.3, -0.25) is 0 Å². The van der Waals surface area contributed by atoms with Crippen molar-refractivity contribution in [1.29, 1.82) is 0 Å².